The van der Waals surface area contributed by atoms with E-state index < -0.39 is 11.7 Å². The molecule has 0 aliphatic rings. The molecule has 0 fully saturated rings. The second-order valence-electron chi connectivity index (χ2n) is 5.02. The molecule has 2 aromatic rings. The first-order valence-electron chi connectivity index (χ1n) is 6.96. The lowest BCUT2D eigenvalue weighted by Crippen LogP contribution is -2.33. The van der Waals surface area contributed by atoms with E-state index in [1.807, 2.05) is 0 Å². The summed E-state index contributed by atoms with van der Waals surface area (Å²) in [5, 5.41) is 7.00. The fourth-order valence-electron chi connectivity index (χ4n) is 1.98. The van der Waals surface area contributed by atoms with Gasteiger partial charge in [-0.05, 0) is 31.3 Å². The van der Waals surface area contributed by atoms with Crippen LogP contribution in [0.3, 0.4) is 0 Å². The molecular weight excluding hydrogens is 309 g/mol. The van der Waals surface area contributed by atoms with Crippen LogP contribution >= 0.6 is 0 Å². The Morgan fingerprint density at radius 3 is 2.74 bits per heavy atom. The van der Waals surface area contributed by atoms with Crippen molar-refractivity contribution in [2.24, 2.45) is 0 Å². The molecule has 0 bridgehead atoms. The van der Waals surface area contributed by atoms with Gasteiger partial charge in [0.2, 0.25) is 0 Å². The first-order valence-corrected chi connectivity index (χ1v) is 6.96. The molecule has 1 N–H and O–H groups in total. The van der Waals surface area contributed by atoms with E-state index in [1.54, 1.807) is 14.1 Å². The molecule has 5 nitrogen and oxygen atoms in total. The number of hydrogen-bond donors (Lipinski definition) is 1. The van der Waals surface area contributed by atoms with Crippen LogP contribution in [0.2, 0.25) is 0 Å². The maximum Gasteiger partial charge on any atom is 0.416 e. The molecule has 0 aliphatic heterocycles. The van der Waals surface area contributed by atoms with E-state index in [0.29, 0.717) is 13.1 Å². The Morgan fingerprint density at radius 2 is 2.09 bits per heavy atom. The van der Waals surface area contributed by atoms with E-state index in [9.17, 15) is 18.0 Å². The lowest BCUT2D eigenvalue weighted by molar-refractivity contribution is -0.137. The molecule has 0 aliphatic carbocycles. The Balaban J connectivity index is 2.21. The van der Waals surface area contributed by atoms with E-state index in [0.717, 1.165) is 12.1 Å². The summed E-state index contributed by atoms with van der Waals surface area (Å²) in [6.07, 6.45) is -2.95. The van der Waals surface area contributed by atoms with Crippen LogP contribution in [-0.2, 0) is 6.18 Å². The zero-order valence-corrected chi connectivity index (χ0v) is 12.8. The second kappa shape index (κ2) is 6.82. The van der Waals surface area contributed by atoms with Crippen molar-refractivity contribution in [3.63, 3.8) is 0 Å². The Hall–Kier alpha value is -2.35. The quantitative estimate of drug-likeness (QED) is 0.916. The first-order chi connectivity index (χ1) is 10.8. The summed E-state index contributed by atoms with van der Waals surface area (Å²) < 4.78 is 39.5. The van der Waals surface area contributed by atoms with Crippen LogP contribution < -0.4 is 5.32 Å². The van der Waals surface area contributed by atoms with Gasteiger partial charge in [-0.3, -0.25) is 4.79 Å². The van der Waals surface area contributed by atoms with E-state index >= 15 is 0 Å². The van der Waals surface area contributed by atoms with E-state index in [2.05, 4.69) is 10.4 Å². The number of benzene rings is 1. The number of aromatic nitrogens is 2. The highest BCUT2D eigenvalue weighted by Crippen LogP contribution is 2.30. The van der Waals surface area contributed by atoms with Gasteiger partial charge in [0.1, 0.15) is 0 Å². The number of halogens is 3. The number of alkyl halides is 3. The largest absolute Gasteiger partial charge is 0.416 e. The van der Waals surface area contributed by atoms with Gasteiger partial charge in [-0.15, -0.1) is 0 Å². The second-order valence-corrected chi connectivity index (χ2v) is 5.02. The molecule has 0 saturated heterocycles. The monoisotopic (exact) mass is 326 g/mol. The Labute approximate surface area is 131 Å². The number of amides is 1. The van der Waals surface area contributed by atoms with Crippen molar-refractivity contribution in [1.29, 1.82) is 0 Å². The van der Waals surface area contributed by atoms with Crippen molar-refractivity contribution in [3.8, 4) is 5.69 Å². The molecule has 0 spiro atoms. The van der Waals surface area contributed by atoms with Gasteiger partial charge in [-0.1, -0.05) is 6.07 Å². The van der Waals surface area contributed by atoms with Crippen molar-refractivity contribution in [1.82, 2.24) is 20.0 Å². The molecule has 2 rings (SSSR count). The number of carbonyl (C=O) groups excluding carboxylic acids is 1. The third kappa shape index (κ3) is 4.10. The van der Waals surface area contributed by atoms with Crippen LogP contribution in [0.25, 0.3) is 5.69 Å². The fraction of sp³-hybridized carbons (Fsp3) is 0.333. The summed E-state index contributed by atoms with van der Waals surface area (Å²) >= 11 is 0. The highest BCUT2D eigenvalue weighted by Gasteiger charge is 2.30. The molecule has 0 atom stereocenters. The minimum atomic E-state index is -4.42. The van der Waals surface area contributed by atoms with Crippen LogP contribution in [0.15, 0.2) is 36.5 Å². The van der Waals surface area contributed by atoms with Crippen LogP contribution in [0.4, 0.5) is 13.2 Å². The zero-order chi connectivity index (χ0) is 17.0. The van der Waals surface area contributed by atoms with Crippen molar-refractivity contribution in [2.75, 3.05) is 27.2 Å². The summed E-state index contributed by atoms with van der Waals surface area (Å²) in [7, 11) is 3.42. The number of rotatable bonds is 5. The molecule has 1 aromatic carbocycles. The van der Waals surface area contributed by atoms with Crippen molar-refractivity contribution in [2.45, 2.75) is 6.18 Å². The number of likely N-dealkylation sites (N-methyl/N-ethyl adjacent to an activating group) is 2. The van der Waals surface area contributed by atoms with Gasteiger partial charge in [0, 0.05) is 26.3 Å². The summed E-state index contributed by atoms with van der Waals surface area (Å²) in [6, 6.07) is 6.27. The average molecular weight is 326 g/mol. The van der Waals surface area contributed by atoms with Crippen molar-refractivity contribution >= 4 is 5.91 Å². The van der Waals surface area contributed by atoms with E-state index in [1.165, 1.54) is 34.0 Å². The minimum Gasteiger partial charge on any atom is -0.339 e. The Morgan fingerprint density at radius 1 is 1.35 bits per heavy atom. The van der Waals surface area contributed by atoms with Crippen molar-refractivity contribution < 1.29 is 18.0 Å². The SMILES string of the molecule is CNCCN(C)C(=O)c1ccn(-c2cccc(C(F)(F)F)c2)n1. The minimum absolute atomic E-state index is 0.181. The van der Waals surface area contributed by atoms with Crippen LogP contribution in [0.1, 0.15) is 16.1 Å². The normalized spacial score (nSPS) is 11.5. The number of carbonyl (C=O) groups is 1. The van der Waals surface area contributed by atoms with Gasteiger partial charge in [-0.2, -0.15) is 18.3 Å². The third-order valence-corrected chi connectivity index (χ3v) is 3.29. The molecule has 1 aromatic heterocycles. The van der Waals surface area contributed by atoms with Crippen LogP contribution in [0.5, 0.6) is 0 Å². The number of hydrogen-bond acceptors (Lipinski definition) is 3. The topological polar surface area (TPSA) is 50.2 Å². The Bertz CT molecular complexity index is 681. The highest BCUT2D eigenvalue weighted by molar-refractivity contribution is 5.92. The molecule has 0 unspecified atom stereocenters. The van der Waals surface area contributed by atoms with Gasteiger partial charge >= 0.3 is 6.18 Å². The summed E-state index contributed by atoms with van der Waals surface area (Å²) in [4.78, 5) is 13.7. The zero-order valence-electron chi connectivity index (χ0n) is 12.8. The summed E-state index contributed by atoms with van der Waals surface area (Å²) in [6.45, 7) is 1.14. The molecule has 8 heteroatoms. The van der Waals surface area contributed by atoms with Gasteiger partial charge in [0.05, 0.1) is 11.3 Å². The fourth-order valence-corrected chi connectivity index (χ4v) is 1.98. The molecule has 124 valence electrons. The standard InChI is InChI=1S/C15H17F3N4O/c1-19-7-9-21(2)14(23)13-6-8-22(20-13)12-5-3-4-11(10-12)15(16,17)18/h3-6,8,10,19H,7,9H2,1-2H3. The lowest BCUT2D eigenvalue weighted by atomic mass is 10.2. The predicted octanol–water partition coefficient (Wildman–Crippen LogP) is 2.18. The van der Waals surface area contributed by atoms with Crippen LogP contribution in [-0.4, -0.2) is 47.8 Å². The van der Waals surface area contributed by atoms with E-state index in [-0.39, 0.29) is 17.3 Å². The average Bonchev–Trinajstić information content (AvgIpc) is 3.01. The lowest BCUT2D eigenvalue weighted by Gasteiger charge is -2.15. The summed E-state index contributed by atoms with van der Waals surface area (Å²) in [5.41, 5.74) is -0.331. The molecule has 1 heterocycles. The molecule has 1 amide bonds. The van der Waals surface area contributed by atoms with Crippen LogP contribution in [0, 0.1) is 0 Å². The maximum absolute atomic E-state index is 12.7. The van der Waals surface area contributed by atoms with Gasteiger partial charge in [0.15, 0.2) is 5.69 Å². The van der Waals surface area contributed by atoms with Gasteiger partial charge in [-0.25, -0.2) is 4.68 Å². The van der Waals surface area contributed by atoms with E-state index in [4.69, 9.17) is 0 Å². The van der Waals surface area contributed by atoms with Gasteiger partial charge < -0.3 is 10.2 Å². The maximum atomic E-state index is 12.7. The molecule has 0 radical (unpaired) electrons. The number of nitrogens with one attached hydrogen (secondary N) is 1. The van der Waals surface area contributed by atoms with Crippen molar-refractivity contribution in [3.05, 3.63) is 47.8 Å². The highest BCUT2D eigenvalue weighted by atomic mass is 19.4. The Kier molecular flexibility index (Phi) is 5.05. The van der Waals surface area contributed by atoms with Gasteiger partial charge in [0.25, 0.3) is 5.91 Å². The number of nitrogens with zero attached hydrogens (tertiary/aromatic N) is 3. The first kappa shape index (κ1) is 17.0. The summed E-state index contributed by atoms with van der Waals surface area (Å²) in [5.74, 6) is -0.286. The smallest absolute Gasteiger partial charge is 0.339 e. The molecule has 0 saturated carbocycles. The molecule has 23 heavy (non-hydrogen) atoms. The predicted molar refractivity (Wildman–Crippen MR) is 79.5 cm³/mol. The molecular formula is C15H17F3N4O. The third-order valence-electron chi connectivity index (χ3n) is 3.29.